The molecule has 1 aromatic carbocycles. The molecule has 1 aromatic rings. The van der Waals surface area contributed by atoms with Gasteiger partial charge in [0, 0.05) is 18.8 Å². The molecular formula is C20H24N2O4S. The Morgan fingerprint density at radius 1 is 1.22 bits per heavy atom. The maximum absolute atomic E-state index is 12.5. The molecule has 0 aliphatic carbocycles. The highest BCUT2D eigenvalue weighted by atomic mass is 32.2. The summed E-state index contributed by atoms with van der Waals surface area (Å²) < 4.78 is 4.83. The van der Waals surface area contributed by atoms with Gasteiger partial charge in [-0.1, -0.05) is 6.07 Å². The van der Waals surface area contributed by atoms with Gasteiger partial charge in [-0.25, -0.2) is 0 Å². The Kier molecular flexibility index (Phi) is 6.21. The molecule has 144 valence electrons. The van der Waals surface area contributed by atoms with Gasteiger partial charge in [-0.05, 0) is 74.2 Å². The summed E-state index contributed by atoms with van der Waals surface area (Å²) in [6.45, 7) is 5.71. The van der Waals surface area contributed by atoms with Crippen LogP contribution in [0.1, 0.15) is 37.3 Å². The van der Waals surface area contributed by atoms with Crippen molar-refractivity contribution in [3.63, 3.8) is 0 Å². The Bertz CT molecular complexity index is 784. The number of amides is 2. The molecule has 0 atom stereocenters. The third kappa shape index (κ3) is 4.53. The van der Waals surface area contributed by atoms with Crippen molar-refractivity contribution in [2.45, 2.75) is 33.1 Å². The minimum Gasteiger partial charge on any atom is -0.465 e. The molecule has 0 saturated carbocycles. The second-order valence-electron chi connectivity index (χ2n) is 6.66. The second kappa shape index (κ2) is 8.61. The van der Waals surface area contributed by atoms with Gasteiger partial charge in [0.2, 0.25) is 0 Å². The molecule has 3 rings (SSSR count). The molecule has 2 aliphatic heterocycles. The van der Waals surface area contributed by atoms with Crippen LogP contribution in [0.25, 0.3) is 6.08 Å². The number of imide groups is 1. The molecule has 2 fully saturated rings. The van der Waals surface area contributed by atoms with E-state index in [0.29, 0.717) is 4.91 Å². The van der Waals surface area contributed by atoms with E-state index in [1.807, 2.05) is 13.0 Å². The normalized spacial score (nSPS) is 19.1. The third-order valence-corrected chi connectivity index (χ3v) is 5.63. The van der Waals surface area contributed by atoms with Crippen molar-refractivity contribution in [2.24, 2.45) is 0 Å². The van der Waals surface area contributed by atoms with E-state index in [0.717, 1.165) is 40.9 Å². The Hall–Kier alpha value is -2.28. The van der Waals surface area contributed by atoms with Crippen molar-refractivity contribution in [2.75, 3.05) is 31.1 Å². The number of esters is 1. The molecule has 0 radical (unpaired) electrons. The number of benzene rings is 1. The number of aryl methyl sites for hydroxylation is 1. The minimum atomic E-state index is -0.580. The summed E-state index contributed by atoms with van der Waals surface area (Å²) >= 11 is 0.858. The largest absolute Gasteiger partial charge is 0.465 e. The maximum atomic E-state index is 12.5. The lowest BCUT2D eigenvalue weighted by Gasteiger charge is -2.29. The summed E-state index contributed by atoms with van der Waals surface area (Å²) in [4.78, 5) is 39.8. The Morgan fingerprint density at radius 2 is 1.96 bits per heavy atom. The SMILES string of the molecule is CCOC(=O)CN1C(=O)S/C(=C/c2ccc(N3CCCCC3)cc2C)C1=O. The van der Waals surface area contributed by atoms with Crippen LogP contribution in [-0.4, -0.2) is 48.3 Å². The summed E-state index contributed by atoms with van der Waals surface area (Å²) in [6.07, 6.45) is 5.45. The highest BCUT2D eigenvalue weighted by Crippen LogP contribution is 2.33. The van der Waals surface area contributed by atoms with Crippen LogP contribution in [0.3, 0.4) is 0 Å². The zero-order valence-electron chi connectivity index (χ0n) is 15.7. The van der Waals surface area contributed by atoms with E-state index < -0.39 is 17.1 Å². The average Bonchev–Trinajstić information content (AvgIpc) is 2.92. The van der Waals surface area contributed by atoms with Gasteiger partial charge in [0.1, 0.15) is 6.54 Å². The van der Waals surface area contributed by atoms with Crippen LogP contribution in [-0.2, 0) is 14.3 Å². The van der Waals surface area contributed by atoms with Crippen LogP contribution in [0.5, 0.6) is 0 Å². The smallest absolute Gasteiger partial charge is 0.326 e. The Labute approximate surface area is 163 Å². The van der Waals surface area contributed by atoms with Gasteiger partial charge in [-0.2, -0.15) is 0 Å². The minimum absolute atomic E-state index is 0.216. The summed E-state index contributed by atoms with van der Waals surface area (Å²) in [5.41, 5.74) is 3.15. The van der Waals surface area contributed by atoms with E-state index in [2.05, 4.69) is 17.0 Å². The van der Waals surface area contributed by atoms with Crippen molar-refractivity contribution >= 4 is 40.6 Å². The number of anilines is 1. The molecule has 2 saturated heterocycles. The quantitative estimate of drug-likeness (QED) is 0.567. The summed E-state index contributed by atoms with van der Waals surface area (Å²) in [5, 5.41) is -0.443. The van der Waals surface area contributed by atoms with Gasteiger partial charge in [-0.3, -0.25) is 19.3 Å². The number of carbonyl (C=O) groups is 3. The number of thioether (sulfide) groups is 1. The fourth-order valence-electron chi connectivity index (χ4n) is 3.28. The molecule has 0 aromatic heterocycles. The molecule has 2 heterocycles. The van der Waals surface area contributed by atoms with Crippen LogP contribution in [0, 0.1) is 6.92 Å². The van der Waals surface area contributed by atoms with Crippen molar-refractivity contribution in [3.05, 3.63) is 34.2 Å². The highest BCUT2D eigenvalue weighted by Gasteiger charge is 2.36. The molecule has 2 aliphatic rings. The van der Waals surface area contributed by atoms with Gasteiger partial charge in [0.15, 0.2) is 0 Å². The summed E-state index contributed by atoms with van der Waals surface area (Å²) in [5.74, 6) is -1.03. The van der Waals surface area contributed by atoms with Crippen molar-refractivity contribution < 1.29 is 19.1 Å². The predicted molar refractivity (Wildman–Crippen MR) is 107 cm³/mol. The Balaban J connectivity index is 1.75. The van der Waals surface area contributed by atoms with Gasteiger partial charge >= 0.3 is 5.97 Å². The van der Waals surface area contributed by atoms with E-state index >= 15 is 0 Å². The Morgan fingerprint density at radius 3 is 2.63 bits per heavy atom. The van der Waals surface area contributed by atoms with E-state index in [1.165, 1.54) is 24.9 Å². The number of piperidine rings is 1. The first-order valence-corrected chi connectivity index (χ1v) is 10.1. The van der Waals surface area contributed by atoms with Crippen LogP contribution in [0.4, 0.5) is 10.5 Å². The number of hydrogen-bond donors (Lipinski definition) is 0. The third-order valence-electron chi connectivity index (χ3n) is 4.73. The number of carbonyl (C=O) groups excluding carboxylic acids is 3. The van der Waals surface area contributed by atoms with Crippen molar-refractivity contribution in [1.82, 2.24) is 4.90 Å². The molecular weight excluding hydrogens is 364 g/mol. The number of ether oxygens (including phenoxy) is 1. The average molecular weight is 388 g/mol. The standard InChI is InChI=1S/C20H24N2O4S/c1-3-26-18(23)13-22-19(24)17(27-20(22)25)12-15-7-8-16(11-14(15)2)21-9-5-4-6-10-21/h7-8,11-12H,3-6,9-10,13H2,1-2H3/b17-12+. The zero-order chi connectivity index (χ0) is 19.4. The molecule has 6 nitrogen and oxygen atoms in total. The molecule has 0 spiro atoms. The van der Waals surface area contributed by atoms with Gasteiger partial charge in [0.05, 0.1) is 11.5 Å². The monoisotopic (exact) mass is 388 g/mol. The molecule has 2 amide bonds. The lowest BCUT2D eigenvalue weighted by Crippen LogP contribution is -2.34. The van der Waals surface area contributed by atoms with Gasteiger partial charge < -0.3 is 9.64 Å². The lowest BCUT2D eigenvalue weighted by molar-refractivity contribution is -0.145. The van der Waals surface area contributed by atoms with E-state index in [4.69, 9.17) is 4.74 Å². The van der Waals surface area contributed by atoms with Crippen LogP contribution in [0.2, 0.25) is 0 Å². The van der Waals surface area contributed by atoms with Gasteiger partial charge in [0.25, 0.3) is 11.1 Å². The molecule has 0 bridgehead atoms. The molecule has 7 heteroatoms. The lowest BCUT2D eigenvalue weighted by atomic mass is 10.0. The summed E-state index contributed by atoms with van der Waals surface area (Å²) in [6, 6.07) is 6.17. The van der Waals surface area contributed by atoms with E-state index in [-0.39, 0.29) is 13.2 Å². The second-order valence-corrected chi connectivity index (χ2v) is 7.65. The summed E-state index contributed by atoms with van der Waals surface area (Å²) in [7, 11) is 0. The van der Waals surface area contributed by atoms with Gasteiger partial charge in [-0.15, -0.1) is 0 Å². The topological polar surface area (TPSA) is 66.9 Å². The van der Waals surface area contributed by atoms with Crippen molar-refractivity contribution in [3.8, 4) is 0 Å². The number of hydrogen-bond acceptors (Lipinski definition) is 6. The fourth-order valence-corrected chi connectivity index (χ4v) is 4.11. The highest BCUT2D eigenvalue weighted by molar-refractivity contribution is 8.18. The maximum Gasteiger partial charge on any atom is 0.326 e. The van der Waals surface area contributed by atoms with Crippen LogP contribution < -0.4 is 4.90 Å². The first-order valence-electron chi connectivity index (χ1n) is 9.26. The zero-order valence-corrected chi connectivity index (χ0v) is 16.5. The molecule has 0 N–H and O–H groups in total. The van der Waals surface area contributed by atoms with Crippen LogP contribution >= 0.6 is 11.8 Å². The van der Waals surface area contributed by atoms with E-state index in [9.17, 15) is 14.4 Å². The molecule has 27 heavy (non-hydrogen) atoms. The first kappa shape index (κ1) is 19.5. The number of nitrogens with zero attached hydrogens (tertiary/aromatic N) is 2. The number of rotatable bonds is 5. The fraction of sp³-hybridized carbons (Fsp3) is 0.450. The van der Waals surface area contributed by atoms with E-state index in [1.54, 1.807) is 13.0 Å². The van der Waals surface area contributed by atoms with Crippen LogP contribution in [0.15, 0.2) is 23.1 Å². The van der Waals surface area contributed by atoms with Crippen molar-refractivity contribution in [1.29, 1.82) is 0 Å². The first-order chi connectivity index (χ1) is 13.0. The predicted octanol–water partition coefficient (Wildman–Crippen LogP) is 3.58. The molecule has 0 unspecified atom stereocenters.